The third kappa shape index (κ3) is 6.61. The van der Waals surface area contributed by atoms with Gasteiger partial charge in [0.1, 0.15) is 11.5 Å². The Bertz CT molecular complexity index is 858. The molecule has 2 N–H and O–H groups in total. The van der Waals surface area contributed by atoms with Gasteiger partial charge >= 0.3 is 5.97 Å². The van der Waals surface area contributed by atoms with E-state index in [4.69, 9.17) is 9.57 Å². The van der Waals surface area contributed by atoms with Crippen molar-refractivity contribution >= 4 is 11.8 Å². The summed E-state index contributed by atoms with van der Waals surface area (Å²) in [6, 6.07) is 11.9. The number of phenols is 1. The lowest BCUT2D eigenvalue weighted by Crippen LogP contribution is -2.36. The molecule has 2 aromatic carbocycles. The van der Waals surface area contributed by atoms with E-state index in [9.17, 15) is 14.7 Å². The van der Waals surface area contributed by atoms with E-state index in [-0.39, 0.29) is 24.2 Å². The lowest BCUT2D eigenvalue weighted by Gasteiger charge is -2.26. The Morgan fingerprint density at radius 3 is 2.41 bits per heavy atom. The van der Waals surface area contributed by atoms with E-state index in [2.05, 4.69) is 5.48 Å². The van der Waals surface area contributed by atoms with E-state index in [1.54, 1.807) is 13.8 Å². The van der Waals surface area contributed by atoms with Gasteiger partial charge in [-0.25, -0.2) is 4.79 Å². The highest BCUT2D eigenvalue weighted by Crippen LogP contribution is 2.28. The van der Waals surface area contributed by atoms with Gasteiger partial charge < -0.3 is 14.7 Å². The molecule has 0 radical (unpaired) electrons. The van der Waals surface area contributed by atoms with Crippen LogP contribution >= 0.6 is 0 Å². The fourth-order valence-corrected chi connectivity index (χ4v) is 2.95. The van der Waals surface area contributed by atoms with Crippen LogP contribution in [0.15, 0.2) is 42.5 Å². The number of carbonyl (C=O) groups excluding carboxylic acids is 2. The van der Waals surface area contributed by atoms with Gasteiger partial charge in [0, 0.05) is 5.56 Å². The number of aryl methyl sites for hydroxylation is 2. The zero-order valence-corrected chi connectivity index (χ0v) is 17.6. The van der Waals surface area contributed by atoms with Crippen molar-refractivity contribution in [1.29, 1.82) is 0 Å². The maximum atomic E-state index is 12.5. The minimum atomic E-state index is -0.800. The summed E-state index contributed by atoms with van der Waals surface area (Å²) in [6.45, 7) is 9.31. The first-order valence-corrected chi connectivity index (χ1v) is 9.59. The lowest BCUT2D eigenvalue weighted by molar-refractivity contribution is -0.162. The summed E-state index contributed by atoms with van der Waals surface area (Å²) >= 11 is 0. The first-order chi connectivity index (χ1) is 13.6. The van der Waals surface area contributed by atoms with E-state index in [1.807, 2.05) is 39.0 Å². The zero-order valence-electron chi connectivity index (χ0n) is 17.6. The molecule has 6 heteroatoms. The summed E-state index contributed by atoms with van der Waals surface area (Å²) in [5, 5.41) is 9.26. The highest BCUT2D eigenvalue weighted by atomic mass is 16.7. The van der Waals surface area contributed by atoms with Crippen molar-refractivity contribution in [3.05, 3.63) is 59.2 Å². The largest absolute Gasteiger partial charge is 0.508 e. The number of hydrogen-bond acceptors (Lipinski definition) is 6. The molecule has 2 aromatic rings. The molecule has 0 aromatic heterocycles. The van der Waals surface area contributed by atoms with Gasteiger partial charge in [-0.3, -0.25) is 4.79 Å². The van der Waals surface area contributed by atoms with E-state index in [0.29, 0.717) is 12.0 Å². The Hall–Kier alpha value is -2.86. The standard InChI is InChI=1S/C23H29NO5/c1-15-6-7-16(2)21(12-15)28-17(3)13-23(4,5)22(27)29-24-14-20(26)18-8-10-19(25)11-9-18/h6-12,17,24-25H,13-14H2,1-5H3. The molecule has 0 spiro atoms. The Labute approximate surface area is 171 Å². The maximum Gasteiger partial charge on any atom is 0.330 e. The van der Waals surface area contributed by atoms with Crippen LogP contribution in [0.4, 0.5) is 0 Å². The third-order valence-corrected chi connectivity index (χ3v) is 4.61. The molecule has 0 aliphatic rings. The minimum Gasteiger partial charge on any atom is -0.508 e. The monoisotopic (exact) mass is 399 g/mol. The van der Waals surface area contributed by atoms with E-state index >= 15 is 0 Å². The highest BCUT2D eigenvalue weighted by molar-refractivity contribution is 5.97. The predicted octanol–water partition coefficient (Wildman–Crippen LogP) is 4.12. The number of hydrogen-bond donors (Lipinski definition) is 2. The number of rotatable bonds is 9. The fraction of sp³-hybridized carbons (Fsp3) is 0.391. The summed E-state index contributed by atoms with van der Waals surface area (Å²) in [4.78, 5) is 29.6. The molecule has 0 heterocycles. The van der Waals surface area contributed by atoms with Crippen LogP contribution in [0.25, 0.3) is 0 Å². The smallest absolute Gasteiger partial charge is 0.330 e. The highest BCUT2D eigenvalue weighted by Gasteiger charge is 2.32. The van der Waals surface area contributed by atoms with Crippen LogP contribution in [-0.2, 0) is 9.63 Å². The molecule has 2 rings (SSSR count). The molecule has 0 aliphatic heterocycles. The summed E-state index contributed by atoms with van der Waals surface area (Å²) in [5.74, 6) is 0.175. The SMILES string of the molecule is Cc1ccc(C)c(OC(C)CC(C)(C)C(=O)ONCC(=O)c2ccc(O)cc2)c1. The second-order valence-electron chi connectivity index (χ2n) is 7.97. The van der Waals surface area contributed by atoms with Crippen LogP contribution in [0.3, 0.4) is 0 Å². The summed E-state index contributed by atoms with van der Waals surface area (Å²) in [7, 11) is 0. The number of ether oxygens (including phenoxy) is 1. The van der Waals surface area contributed by atoms with Gasteiger partial charge in [0.05, 0.1) is 18.1 Å². The number of ketones is 1. The fourth-order valence-electron chi connectivity index (χ4n) is 2.95. The maximum absolute atomic E-state index is 12.5. The molecular weight excluding hydrogens is 370 g/mol. The lowest BCUT2D eigenvalue weighted by atomic mass is 9.87. The van der Waals surface area contributed by atoms with Gasteiger partial charge in [0.25, 0.3) is 0 Å². The molecule has 29 heavy (non-hydrogen) atoms. The number of aromatic hydroxyl groups is 1. The Morgan fingerprint density at radius 2 is 1.76 bits per heavy atom. The van der Waals surface area contributed by atoms with Crippen LogP contribution in [-0.4, -0.2) is 29.5 Å². The van der Waals surface area contributed by atoms with Crippen molar-refractivity contribution in [1.82, 2.24) is 5.48 Å². The summed E-state index contributed by atoms with van der Waals surface area (Å²) in [5.41, 5.74) is 4.21. The molecule has 0 fully saturated rings. The van der Waals surface area contributed by atoms with Crippen LogP contribution in [0.5, 0.6) is 11.5 Å². The van der Waals surface area contributed by atoms with Crippen molar-refractivity contribution in [3.63, 3.8) is 0 Å². The van der Waals surface area contributed by atoms with Crippen molar-refractivity contribution in [2.24, 2.45) is 5.41 Å². The molecule has 0 amide bonds. The van der Waals surface area contributed by atoms with Crippen LogP contribution in [0.2, 0.25) is 0 Å². The first-order valence-electron chi connectivity index (χ1n) is 9.59. The van der Waals surface area contributed by atoms with Gasteiger partial charge in [-0.2, -0.15) is 0 Å². The normalized spacial score (nSPS) is 12.3. The van der Waals surface area contributed by atoms with Gasteiger partial charge in [-0.1, -0.05) is 12.1 Å². The molecule has 1 unspecified atom stereocenters. The minimum absolute atomic E-state index is 0.0832. The average molecular weight is 399 g/mol. The average Bonchev–Trinajstić information content (AvgIpc) is 2.64. The molecule has 0 bridgehead atoms. The summed E-state index contributed by atoms with van der Waals surface area (Å²) in [6.07, 6.45) is 0.254. The number of nitrogens with one attached hydrogen (secondary N) is 1. The van der Waals surface area contributed by atoms with Crippen molar-refractivity contribution < 1.29 is 24.3 Å². The second-order valence-corrected chi connectivity index (χ2v) is 7.97. The van der Waals surface area contributed by atoms with E-state index < -0.39 is 11.4 Å². The van der Waals surface area contributed by atoms with Gasteiger partial charge in [0.15, 0.2) is 5.78 Å². The topological polar surface area (TPSA) is 84.9 Å². The number of phenolic OH excluding ortho intramolecular Hbond substituents is 1. The molecule has 156 valence electrons. The Balaban J connectivity index is 1.84. The molecular formula is C23H29NO5. The number of hydroxylamine groups is 1. The van der Waals surface area contributed by atoms with Gasteiger partial charge in [-0.05, 0) is 82.5 Å². The van der Waals surface area contributed by atoms with Crippen LogP contribution in [0.1, 0.15) is 48.7 Å². The second kappa shape index (κ2) is 9.56. The van der Waals surface area contributed by atoms with Crippen molar-refractivity contribution in [2.45, 2.75) is 47.1 Å². The predicted molar refractivity (Wildman–Crippen MR) is 111 cm³/mol. The van der Waals surface area contributed by atoms with E-state index in [1.165, 1.54) is 24.3 Å². The molecule has 0 saturated carbocycles. The molecule has 1 atom stereocenters. The third-order valence-electron chi connectivity index (χ3n) is 4.61. The van der Waals surface area contributed by atoms with Crippen LogP contribution in [0, 0.1) is 19.3 Å². The van der Waals surface area contributed by atoms with Crippen molar-refractivity contribution in [2.75, 3.05) is 6.54 Å². The summed E-state index contributed by atoms with van der Waals surface area (Å²) < 4.78 is 6.02. The molecule has 0 aliphatic carbocycles. The number of carbonyl (C=O) groups is 2. The zero-order chi connectivity index (χ0) is 21.6. The number of Topliss-reactive ketones (excluding diaryl/α,β-unsaturated/α-hetero) is 1. The quantitative estimate of drug-likeness (QED) is 0.487. The molecule has 0 saturated heterocycles. The molecule has 6 nitrogen and oxygen atoms in total. The van der Waals surface area contributed by atoms with E-state index in [0.717, 1.165) is 16.9 Å². The Morgan fingerprint density at radius 1 is 1.10 bits per heavy atom. The first kappa shape index (κ1) is 22.4. The number of benzene rings is 2. The van der Waals surface area contributed by atoms with Gasteiger partial charge in [-0.15, -0.1) is 5.48 Å². The van der Waals surface area contributed by atoms with Gasteiger partial charge in [0.2, 0.25) is 0 Å². The van der Waals surface area contributed by atoms with Crippen molar-refractivity contribution in [3.8, 4) is 11.5 Å². The Kier molecular flexibility index (Phi) is 7.40. The van der Waals surface area contributed by atoms with Crippen LogP contribution < -0.4 is 10.2 Å².